The summed E-state index contributed by atoms with van der Waals surface area (Å²) in [5, 5.41) is 2.94. The molecule has 0 unspecified atom stereocenters. The molecule has 1 aliphatic heterocycles. The Bertz CT molecular complexity index is 1310. The van der Waals surface area contributed by atoms with E-state index in [-0.39, 0.29) is 18.4 Å². The zero-order chi connectivity index (χ0) is 30.1. The van der Waals surface area contributed by atoms with E-state index in [0.29, 0.717) is 32.7 Å². The molecule has 2 aliphatic rings. The van der Waals surface area contributed by atoms with Gasteiger partial charge in [-0.15, -0.1) is 0 Å². The second-order valence-electron chi connectivity index (χ2n) is 11.3. The minimum absolute atomic E-state index is 0.208. The van der Waals surface area contributed by atoms with Gasteiger partial charge < -0.3 is 29.0 Å². The third kappa shape index (κ3) is 7.51. The van der Waals surface area contributed by atoms with Gasteiger partial charge in [0, 0.05) is 12.8 Å². The SMILES string of the molecule is COC(=O)[C@]1(NC(C)=O)CCC[C@@H]2[C@@H](OCc3ccccc3)[C@H](OCc3ccccc3)[C@@H](COCc3ccccc3)O[C@H]21. The van der Waals surface area contributed by atoms with Crippen LogP contribution in [0.3, 0.4) is 0 Å². The molecule has 1 saturated carbocycles. The van der Waals surface area contributed by atoms with Gasteiger partial charge >= 0.3 is 5.97 Å². The molecule has 2 fully saturated rings. The van der Waals surface area contributed by atoms with E-state index in [4.69, 9.17) is 23.7 Å². The Balaban J connectivity index is 1.48. The Morgan fingerprint density at radius 3 is 1.88 bits per heavy atom. The fraction of sp³-hybridized carbons (Fsp3) is 0.429. The maximum absolute atomic E-state index is 13.4. The lowest BCUT2D eigenvalue weighted by Gasteiger charge is -2.54. The third-order valence-corrected chi connectivity index (χ3v) is 8.33. The van der Waals surface area contributed by atoms with Crippen molar-refractivity contribution in [3.63, 3.8) is 0 Å². The zero-order valence-electron chi connectivity index (χ0n) is 24.9. The third-order valence-electron chi connectivity index (χ3n) is 8.33. The van der Waals surface area contributed by atoms with Crippen molar-refractivity contribution in [2.24, 2.45) is 5.92 Å². The van der Waals surface area contributed by atoms with E-state index in [1.54, 1.807) is 0 Å². The van der Waals surface area contributed by atoms with Gasteiger partial charge in [-0.1, -0.05) is 91.0 Å². The van der Waals surface area contributed by atoms with Gasteiger partial charge in [0.2, 0.25) is 5.91 Å². The average molecular weight is 588 g/mol. The number of amides is 1. The summed E-state index contributed by atoms with van der Waals surface area (Å²) in [6.45, 7) is 2.74. The topological polar surface area (TPSA) is 92.3 Å². The number of hydrogen-bond donors (Lipinski definition) is 1. The number of fused-ring (bicyclic) bond motifs is 1. The van der Waals surface area contributed by atoms with Crippen LogP contribution in [-0.4, -0.2) is 55.5 Å². The maximum atomic E-state index is 13.4. The van der Waals surface area contributed by atoms with Crippen molar-refractivity contribution in [2.75, 3.05) is 13.7 Å². The van der Waals surface area contributed by atoms with Crippen molar-refractivity contribution in [3.05, 3.63) is 108 Å². The Hall–Kier alpha value is -3.56. The van der Waals surface area contributed by atoms with Crippen molar-refractivity contribution in [1.82, 2.24) is 5.32 Å². The van der Waals surface area contributed by atoms with Crippen LogP contribution in [0.2, 0.25) is 0 Å². The van der Waals surface area contributed by atoms with Crippen LogP contribution in [0, 0.1) is 5.92 Å². The summed E-state index contributed by atoms with van der Waals surface area (Å²) in [5.74, 6) is -1.09. The van der Waals surface area contributed by atoms with Crippen LogP contribution in [0.25, 0.3) is 0 Å². The summed E-state index contributed by atoms with van der Waals surface area (Å²) in [7, 11) is 1.34. The lowest BCUT2D eigenvalue weighted by atomic mass is 9.68. The normalized spacial score (nSPS) is 26.7. The van der Waals surface area contributed by atoms with E-state index >= 15 is 0 Å². The molecule has 0 radical (unpaired) electrons. The standard InChI is InChI=1S/C35H41NO7/c1-25(37)36-35(34(38)39-2)20-12-19-29-31(41-22-27-15-8-4-9-16-27)32(42-23-28-17-10-5-11-18-28)30(43-33(29)35)24-40-21-26-13-6-3-7-14-26/h3-11,13-18,29-33H,12,19-24H2,1-2H3,(H,36,37)/t29-,30-,31-,32-,33-,35+/m1/s1. The van der Waals surface area contributed by atoms with E-state index in [2.05, 4.69) is 5.32 Å². The molecule has 1 saturated heterocycles. The number of ether oxygens (including phenoxy) is 5. The van der Waals surface area contributed by atoms with Crippen LogP contribution < -0.4 is 5.32 Å². The van der Waals surface area contributed by atoms with Crippen LogP contribution in [0.4, 0.5) is 0 Å². The largest absolute Gasteiger partial charge is 0.467 e. The Morgan fingerprint density at radius 2 is 1.35 bits per heavy atom. The van der Waals surface area contributed by atoms with E-state index in [0.717, 1.165) is 23.1 Å². The van der Waals surface area contributed by atoms with Crippen LogP contribution in [-0.2, 0) is 53.1 Å². The molecule has 8 nitrogen and oxygen atoms in total. The lowest BCUT2D eigenvalue weighted by Crippen LogP contribution is -2.72. The highest BCUT2D eigenvalue weighted by Crippen LogP contribution is 2.45. The first-order valence-corrected chi connectivity index (χ1v) is 15.0. The molecule has 5 rings (SSSR count). The van der Waals surface area contributed by atoms with Gasteiger partial charge in [0.05, 0.1) is 45.7 Å². The predicted octanol–water partition coefficient (Wildman–Crippen LogP) is 4.99. The van der Waals surface area contributed by atoms with E-state index < -0.39 is 35.9 Å². The van der Waals surface area contributed by atoms with Gasteiger partial charge in [0.15, 0.2) is 5.54 Å². The Morgan fingerprint density at radius 1 is 0.814 bits per heavy atom. The van der Waals surface area contributed by atoms with Gasteiger partial charge in [-0.05, 0) is 36.0 Å². The molecular formula is C35H41NO7. The van der Waals surface area contributed by atoms with Crippen molar-refractivity contribution in [1.29, 1.82) is 0 Å². The lowest BCUT2D eigenvalue weighted by molar-refractivity contribution is -0.267. The van der Waals surface area contributed by atoms with Crippen molar-refractivity contribution in [3.8, 4) is 0 Å². The molecule has 3 aromatic rings. The molecule has 1 N–H and O–H groups in total. The molecular weight excluding hydrogens is 546 g/mol. The van der Waals surface area contributed by atoms with Gasteiger partial charge in [-0.3, -0.25) is 4.79 Å². The Labute approximate surface area is 253 Å². The predicted molar refractivity (Wildman–Crippen MR) is 161 cm³/mol. The van der Waals surface area contributed by atoms with Gasteiger partial charge in [0.25, 0.3) is 0 Å². The summed E-state index contributed by atoms with van der Waals surface area (Å²) in [4.78, 5) is 25.9. The summed E-state index contributed by atoms with van der Waals surface area (Å²) in [6, 6.07) is 29.9. The van der Waals surface area contributed by atoms with Crippen molar-refractivity contribution < 1.29 is 33.3 Å². The fourth-order valence-electron chi connectivity index (χ4n) is 6.40. The van der Waals surface area contributed by atoms with Crippen molar-refractivity contribution in [2.45, 2.75) is 76.0 Å². The van der Waals surface area contributed by atoms with Crippen LogP contribution >= 0.6 is 0 Å². The molecule has 0 bridgehead atoms. The second-order valence-corrected chi connectivity index (χ2v) is 11.3. The molecule has 1 heterocycles. The molecule has 8 heteroatoms. The van der Waals surface area contributed by atoms with E-state index in [9.17, 15) is 9.59 Å². The maximum Gasteiger partial charge on any atom is 0.334 e. The summed E-state index contributed by atoms with van der Waals surface area (Å²) >= 11 is 0. The van der Waals surface area contributed by atoms with Crippen LogP contribution in [0.5, 0.6) is 0 Å². The molecule has 228 valence electrons. The first-order valence-electron chi connectivity index (χ1n) is 15.0. The minimum atomic E-state index is -1.35. The van der Waals surface area contributed by atoms with Crippen molar-refractivity contribution >= 4 is 11.9 Å². The molecule has 3 aromatic carbocycles. The molecule has 1 aliphatic carbocycles. The second kappa shape index (κ2) is 14.8. The average Bonchev–Trinajstić information content (AvgIpc) is 3.04. The molecule has 0 aromatic heterocycles. The number of rotatable bonds is 12. The number of hydrogen-bond acceptors (Lipinski definition) is 7. The summed E-state index contributed by atoms with van der Waals surface area (Å²) < 4.78 is 31.6. The molecule has 0 spiro atoms. The molecule has 43 heavy (non-hydrogen) atoms. The highest BCUT2D eigenvalue weighted by Gasteiger charge is 2.60. The summed E-state index contributed by atoms with van der Waals surface area (Å²) in [5.41, 5.74) is 1.75. The number of benzene rings is 3. The van der Waals surface area contributed by atoms with Gasteiger partial charge in [0.1, 0.15) is 12.2 Å². The Kier molecular flexibility index (Phi) is 10.6. The van der Waals surface area contributed by atoms with Crippen LogP contribution in [0.15, 0.2) is 91.0 Å². The van der Waals surface area contributed by atoms with E-state index in [1.165, 1.54) is 14.0 Å². The highest BCUT2D eigenvalue weighted by atomic mass is 16.6. The minimum Gasteiger partial charge on any atom is -0.467 e. The number of carbonyl (C=O) groups excluding carboxylic acids is 2. The zero-order valence-corrected chi connectivity index (χ0v) is 24.9. The smallest absolute Gasteiger partial charge is 0.334 e. The molecule has 6 atom stereocenters. The van der Waals surface area contributed by atoms with Crippen LogP contribution in [0.1, 0.15) is 42.9 Å². The number of esters is 1. The molecule has 1 amide bonds. The number of methoxy groups -OCH3 is 1. The highest BCUT2D eigenvalue weighted by molar-refractivity contribution is 5.88. The van der Waals surface area contributed by atoms with Gasteiger partial charge in [-0.2, -0.15) is 0 Å². The first-order chi connectivity index (χ1) is 21.0. The monoisotopic (exact) mass is 587 g/mol. The quantitative estimate of drug-likeness (QED) is 0.299. The van der Waals surface area contributed by atoms with Gasteiger partial charge in [-0.25, -0.2) is 4.79 Å². The van der Waals surface area contributed by atoms with E-state index in [1.807, 2.05) is 91.0 Å². The summed E-state index contributed by atoms with van der Waals surface area (Å²) in [6.07, 6.45) is -0.376. The first kappa shape index (κ1) is 30.9. The number of carbonyl (C=O) groups is 2. The fourth-order valence-corrected chi connectivity index (χ4v) is 6.40. The number of nitrogens with one attached hydrogen (secondary N) is 1.